The van der Waals surface area contributed by atoms with Crippen molar-refractivity contribution < 1.29 is 0 Å². The third-order valence-electron chi connectivity index (χ3n) is 5.03. The van der Waals surface area contributed by atoms with Crippen LogP contribution in [0.3, 0.4) is 0 Å². The molecule has 90 valence electrons. The maximum absolute atomic E-state index is 2.54. The van der Waals surface area contributed by atoms with Gasteiger partial charge in [-0.2, -0.15) is 0 Å². The summed E-state index contributed by atoms with van der Waals surface area (Å²) < 4.78 is 0. The lowest BCUT2D eigenvalue weighted by Gasteiger charge is -2.52. The van der Waals surface area contributed by atoms with Crippen molar-refractivity contribution in [2.24, 2.45) is 22.7 Å². The van der Waals surface area contributed by atoms with E-state index in [-0.39, 0.29) is 0 Å². The van der Waals surface area contributed by atoms with E-state index in [1.54, 1.807) is 0 Å². The summed E-state index contributed by atoms with van der Waals surface area (Å²) in [5.74, 6) is 1.89. The lowest BCUT2D eigenvalue weighted by Crippen LogP contribution is -2.44. The van der Waals surface area contributed by atoms with Gasteiger partial charge < -0.3 is 0 Å². The van der Waals surface area contributed by atoms with Crippen molar-refractivity contribution in [1.82, 2.24) is 0 Å². The van der Waals surface area contributed by atoms with Gasteiger partial charge in [0.1, 0.15) is 0 Å². The van der Waals surface area contributed by atoms with Crippen molar-refractivity contribution in [2.45, 2.75) is 73.6 Å². The van der Waals surface area contributed by atoms with Crippen LogP contribution in [-0.2, 0) is 0 Å². The molecule has 0 N–H and O–H groups in total. The lowest BCUT2D eigenvalue weighted by molar-refractivity contribution is -0.0275. The molecule has 0 amide bonds. The van der Waals surface area contributed by atoms with Crippen LogP contribution in [-0.4, -0.2) is 0 Å². The van der Waals surface area contributed by atoms with Gasteiger partial charge in [-0.15, -0.1) is 0 Å². The lowest BCUT2D eigenvalue weighted by atomic mass is 9.53. The van der Waals surface area contributed by atoms with Crippen LogP contribution in [0.15, 0.2) is 0 Å². The van der Waals surface area contributed by atoms with Crippen LogP contribution < -0.4 is 0 Å². The minimum Gasteiger partial charge on any atom is -0.0654 e. The molecule has 15 heavy (non-hydrogen) atoms. The van der Waals surface area contributed by atoms with Gasteiger partial charge in [-0.25, -0.2) is 0 Å². The van der Waals surface area contributed by atoms with Crippen molar-refractivity contribution in [2.75, 3.05) is 0 Å². The molecule has 0 aliphatic heterocycles. The molecule has 1 rings (SSSR count). The van der Waals surface area contributed by atoms with Gasteiger partial charge in [0.25, 0.3) is 0 Å². The Balaban J connectivity index is 2.86. The van der Waals surface area contributed by atoms with Gasteiger partial charge in [-0.3, -0.25) is 0 Å². The Hall–Kier alpha value is 0. The van der Waals surface area contributed by atoms with E-state index in [1.165, 1.54) is 32.1 Å². The monoisotopic (exact) mass is 210 g/mol. The molecule has 0 aromatic rings. The highest BCUT2D eigenvalue weighted by Gasteiger charge is 2.46. The number of hydrogen-bond acceptors (Lipinski definition) is 0. The van der Waals surface area contributed by atoms with Crippen molar-refractivity contribution in [1.29, 1.82) is 0 Å². The molecule has 0 aromatic heterocycles. The molecule has 0 bridgehead atoms. The first-order valence-corrected chi connectivity index (χ1v) is 6.81. The van der Waals surface area contributed by atoms with Crippen LogP contribution in [0.4, 0.5) is 0 Å². The minimum atomic E-state index is 0.460. The molecule has 0 radical (unpaired) electrons. The van der Waals surface area contributed by atoms with Crippen LogP contribution in [0.2, 0.25) is 0 Å². The summed E-state index contributed by atoms with van der Waals surface area (Å²) in [7, 11) is 0. The molecule has 0 spiro atoms. The Kier molecular flexibility index (Phi) is 3.90. The van der Waals surface area contributed by atoms with Crippen molar-refractivity contribution >= 4 is 0 Å². The smallest absolute Gasteiger partial charge is 0.0246 e. The van der Waals surface area contributed by atoms with E-state index < -0.39 is 0 Å². The highest BCUT2D eigenvalue weighted by Crippen LogP contribution is 2.55. The molecular formula is C15H30. The van der Waals surface area contributed by atoms with E-state index in [1.807, 2.05) is 0 Å². The summed E-state index contributed by atoms with van der Waals surface area (Å²) in [6.07, 6.45) is 7.13. The van der Waals surface area contributed by atoms with Gasteiger partial charge in [0, 0.05) is 0 Å². The van der Waals surface area contributed by atoms with Crippen molar-refractivity contribution in [3.05, 3.63) is 0 Å². The quantitative estimate of drug-likeness (QED) is 0.582. The predicted octanol–water partition coefficient (Wildman–Crippen LogP) is 5.28. The molecule has 3 unspecified atom stereocenters. The molecule has 0 heteroatoms. The Morgan fingerprint density at radius 1 is 1.20 bits per heavy atom. The first-order chi connectivity index (χ1) is 6.81. The summed E-state index contributed by atoms with van der Waals surface area (Å²) in [6, 6.07) is 0. The third kappa shape index (κ3) is 2.57. The molecule has 0 aromatic carbocycles. The van der Waals surface area contributed by atoms with Gasteiger partial charge in [0.15, 0.2) is 0 Å². The van der Waals surface area contributed by atoms with Crippen molar-refractivity contribution in [3.63, 3.8) is 0 Å². The summed E-state index contributed by atoms with van der Waals surface area (Å²) in [6.45, 7) is 14.6. The Bertz CT molecular complexity index is 199. The van der Waals surface area contributed by atoms with Crippen molar-refractivity contribution in [3.8, 4) is 0 Å². The van der Waals surface area contributed by atoms with E-state index >= 15 is 0 Å². The minimum absolute atomic E-state index is 0.460. The van der Waals surface area contributed by atoms with Crippen LogP contribution in [0.5, 0.6) is 0 Å². The largest absolute Gasteiger partial charge is 0.0654 e. The standard InChI is InChI=1S/C15H30/c1-7-8-13-10-9-12(2)11-15(13,6)14(3,4)5/h12-13H,7-11H2,1-6H3. The summed E-state index contributed by atoms with van der Waals surface area (Å²) >= 11 is 0. The fourth-order valence-electron chi connectivity index (χ4n) is 3.53. The maximum Gasteiger partial charge on any atom is -0.0246 e. The average molecular weight is 210 g/mol. The van der Waals surface area contributed by atoms with Crippen LogP contribution in [0, 0.1) is 22.7 Å². The van der Waals surface area contributed by atoms with Gasteiger partial charge in [-0.1, -0.05) is 60.8 Å². The van der Waals surface area contributed by atoms with Crippen LogP contribution in [0.1, 0.15) is 73.6 Å². The van der Waals surface area contributed by atoms with Gasteiger partial charge in [-0.05, 0) is 35.5 Å². The first kappa shape index (κ1) is 13.1. The zero-order valence-corrected chi connectivity index (χ0v) is 11.7. The molecule has 1 saturated carbocycles. The zero-order chi connectivity index (χ0) is 11.7. The van der Waals surface area contributed by atoms with E-state index in [9.17, 15) is 0 Å². The molecule has 0 nitrogen and oxygen atoms in total. The molecule has 1 aliphatic rings. The molecule has 1 aliphatic carbocycles. The highest BCUT2D eigenvalue weighted by atomic mass is 14.5. The Morgan fingerprint density at radius 2 is 1.80 bits per heavy atom. The molecular weight excluding hydrogens is 180 g/mol. The van der Waals surface area contributed by atoms with E-state index in [0.29, 0.717) is 10.8 Å². The number of hydrogen-bond donors (Lipinski definition) is 0. The third-order valence-corrected chi connectivity index (χ3v) is 5.03. The second-order valence-electron chi connectivity index (χ2n) is 7.04. The van der Waals surface area contributed by atoms with E-state index in [4.69, 9.17) is 0 Å². The maximum atomic E-state index is 2.54. The van der Waals surface area contributed by atoms with E-state index in [0.717, 1.165) is 11.8 Å². The topological polar surface area (TPSA) is 0 Å². The normalized spacial score (nSPS) is 38.0. The summed E-state index contributed by atoms with van der Waals surface area (Å²) in [4.78, 5) is 0. The van der Waals surface area contributed by atoms with Gasteiger partial charge in [0.05, 0.1) is 0 Å². The van der Waals surface area contributed by atoms with Gasteiger partial charge >= 0.3 is 0 Å². The first-order valence-electron chi connectivity index (χ1n) is 6.81. The van der Waals surface area contributed by atoms with Gasteiger partial charge in [0.2, 0.25) is 0 Å². The molecule has 0 saturated heterocycles. The second kappa shape index (κ2) is 4.47. The molecule has 0 heterocycles. The summed E-state index contributed by atoms with van der Waals surface area (Å²) in [5, 5.41) is 0. The fourth-order valence-corrected chi connectivity index (χ4v) is 3.53. The summed E-state index contributed by atoms with van der Waals surface area (Å²) in [5.41, 5.74) is 1.02. The SMILES string of the molecule is CCCC1CCC(C)CC1(C)C(C)(C)C. The number of rotatable bonds is 2. The molecule has 1 fully saturated rings. The highest BCUT2D eigenvalue weighted by molar-refractivity contribution is 4.95. The van der Waals surface area contributed by atoms with Crippen LogP contribution in [0.25, 0.3) is 0 Å². The fraction of sp³-hybridized carbons (Fsp3) is 1.00. The zero-order valence-electron chi connectivity index (χ0n) is 11.7. The van der Waals surface area contributed by atoms with Crippen LogP contribution >= 0.6 is 0 Å². The Morgan fingerprint density at radius 3 is 2.27 bits per heavy atom. The Labute approximate surface area is 96.8 Å². The predicted molar refractivity (Wildman–Crippen MR) is 69.0 cm³/mol. The molecule has 3 atom stereocenters. The van der Waals surface area contributed by atoms with E-state index in [2.05, 4.69) is 41.5 Å². The average Bonchev–Trinajstić information content (AvgIpc) is 2.08. The second-order valence-corrected chi connectivity index (χ2v) is 7.04.